The lowest BCUT2D eigenvalue weighted by molar-refractivity contribution is 0.0391. The maximum atomic E-state index is 13.5. The van der Waals surface area contributed by atoms with Crippen LogP contribution in [0.25, 0.3) is 0 Å². The van der Waals surface area contributed by atoms with E-state index in [0.717, 1.165) is 0 Å². The van der Waals surface area contributed by atoms with Crippen molar-refractivity contribution in [2.75, 3.05) is 6.54 Å². The molecule has 0 aliphatic carbocycles. The van der Waals surface area contributed by atoms with Crippen LogP contribution in [0, 0.1) is 5.82 Å². The zero-order valence-electron chi connectivity index (χ0n) is 9.98. The quantitative estimate of drug-likeness (QED) is 0.809. The number of nitrogens with zero attached hydrogens (tertiary/aromatic N) is 1. The first-order chi connectivity index (χ1) is 7.94. The molecule has 1 saturated heterocycles. The minimum Gasteiger partial charge on any atom is -0.391 e. The number of amides is 1. The summed E-state index contributed by atoms with van der Waals surface area (Å²) in [6, 6.07) is 5.93. The van der Waals surface area contributed by atoms with Crippen LogP contribution in [0.4, 0.5) is 4.39 Å². The van der Waals surface area contributed by atoms with Crippen LogP contribution >= 0.6 is 0 Å². The average Bonchev–Trinajstić information content (AvgIpc) is 2.54. The van der Waals surface area contributed by atoms with Crippen LogP contribution in [-0.2, 0) is 0 Å². The van der Waals surface area contributed by atoms with Gasteiger partial charge in [0.2, 0.25) is 0 Å². The maximum absolute atomic E-state index is 13.5. The van der Waals surface area contributed by atoms with E-state index in [-0.39, 0.29) is 11.5 Å². The summed E-state index contributed by atoms with van der Waals surface area (Å²) in [6.07, 6.45) is -0.0223. The molecular formula is C13H16FNO2. The third kappa shape index (κ3) is 1.93. The summed E-state index contributed by atoms with van der Waals surface area (Å²) in [5.74, 6) is -0.876. The largest absolute Gasteiger partial charge is 0.391 e. The van der Waals surface area contributed by atoms with Crippen molar-refractivity contribution in [3.8, 4) is 0 Å². The minimum atomic E-state index is -0.640. The van der Waals surface area contributed by atoms with Crippen molar-refractivity contribution in [3.05, 3.63) is 35.6 Å². The van der Waals surface area contributed by atoms with Gasteiger partial charge in [0.05, 0.1) is 17.2 Å². The second-order valence-corrected chi connectivity index (χ2v) is 4.89. The van der Waals surface area contributed by atoms with Crippen LogP contribution < -0.4 is 0 Å². The van der Waals surface area contributed by atoms with E-state index in [2.05, 4.69) is 0 Å². The van der Waals surface area contributed by atoms with Gasteiger partial charge in [-0.2, -0.15) is 0 Å². The fourth-order valence-corrected chi connectivity index (χ4v) is 2.22. The maximum Gasteiger partial charge on any atom is 0.257 e. The van der Waals surface area contributed by atoms with Crippen molar-refractivity contribution < 1.29 is 14.3 Å². The van der Waals surface area contributed by atoms with Gasteiger partial charge in [-0.25, -0.2) is 4.39 Å². The smallest absolute Gasteiger partial charge is 0.257 e. The Labute approximate surface area is 99.9 Å². The fraction of sp³-hybridized carbons (Fsp3) is 0.462. The Hall–Kier alpha value is -1.42. The Morgan fingerprint density at radius 2 is 2.12 bits per heavy atom. The lowest BCUT2D eigenvalue weighted by Crippen LogP contribution is -2.48. The molecule has 3 nitrogen and oxygen atoms in total. The van der Waals surface area contributed by atoms with Crippen LogP contribution in [0.5, 0.6) is 0 Å². The predicted octanol–water partition coefficient (Wildman–Crippen LogP) is 1.81. The van der Waals surface area contributed by atoms with Gasteiger partial charge in [-0.15, -0.1) is 0 Å². The van der Waals surface area contributed by atoms with Gasteiger partial charge in [0, 0.05) is 6.54 Å². The Morgan fingerprint density at radius 3 is 2.65 bits per heavy atom. The first-order valence-electron chi connectivity index (χ1n) is 5.69. The van der Waals surface area contributed by atoms with Crippen LogP contribution in [0.1, 0.15) is 30.6 Å². The number of halogens is 1. The van der Waals surface area contributed by atoms with Crippen molar-refractivity contribution in [2.45, 2.75) is 31.9 Å². The van der Waals surface area contributed by atoms with Crippen LogP contribution in [0.2, 0.25) is 0 Å². The molecule has 92 valence electrons. The number of carbonyl (C=O) groups is 1. The van der Waals surface area contributed by atoms with Gasteiger partial charge in [0.15, 0.2) is 0 Å². The highest BCUT2D eigenvalue weighted by Gasteiger charge is 2.43. The topological polar surface area (TPSA) is 40.5 Å². The van der Waals surface area contributed by atoms with Crippen molar-refractivity contribution in [3.63, 3.8) is 0 Å². The van der Waals surface area contributed by atoms with E-state index < -0.39 is 17.5 Å². The molecule has 0 spiro atoms. The van der Waals surface area contributed by atoms with E-state index in [1.165, 1.54) is 17.0 Å². The number of likely N-dealkylation sites (tertiary alicyclic amines) is 1. The number of aliphatic hydroxyl groups excluding tert-OH is 1. The van der Waals surface area contributed by atoms with E-state index in [1.54, 1.807) is 26.0 Å². The molecule has 0 bridgehead atoms. The van der Waals surface area contributed by atoms with Gasteiger partial charge in [-0.1, -0.05) is 12.1 Å². The summed E-state index contributed by atoms with van der Waals surface area (Å²) in [4.78, 5) is 13.7. The Bertz CT molecular complexity index is 445. The summed E-state index contributed by atoms with van der Waals surface area (Å²) in [5.41, 5.74) is -0.575. The molecule has 1 heterocycles. The highest BCUT2D eigenvalue weighted by atomic mass is 19.1. The van der Waals surface area contributed by atoms with E-state index in [1.807, 2.05) is 0 Å². The zero-order chi connectivity index (χ0) is 12.6. The molecule has 1 aromatic rings. The lowest BCUT2D eigenvalue weighted by Gasteiger charge is -2.33. The minimum absolute atomic E-state index is 0.0645. The third-order valence-electron chi connectivity index (χ3n) is 3.49. The van der Waals surface area contributed by atoms with Crippen molar-refractivity contribution in [1.82, 2.24) is 4.90 Å². The zero-order valence-corrected chi connectivity index (χ0v) is 9.98. The molecule has 0 radical (unpaired) electrons. The number of carbonyl (C=O) groups excluding carboxylic acids is 1. The van der Waals surface area contributed by atoms with Gasteiger partial charge in [0.1, 0.15) is 5.82 Å². The van der Waals surface area contributed by atoms with Gasteiger partial charge in [-0.3, -0.25) is 4.79 Å². The molecule has 1 amide bonds. The average molecular weight is 237 g/mol. The van der Waals surface area contributed by atoms with Crippen LogP contribution in [0.3, 0.4) is 0 Å². The third-order valence-corrected chi connectivity index (χ3v) is 3.49. The lowest BCUT2D eigenvalue weighted by atomic mass is 9.98. The van der Waals surface area contributed by atoms with Crippen molar-refractivity contribution >= 4 is 5.91 Å². The molecule has 0 aromatic heterocycles. The second kappa shape index (κ2) is 4.11. The second-order valence-electron chi connectivity index (χ2n) is 4.89. The summed E-state index contributed by atoms with van der Waals surface area (Å²) in [6.45, 7) is 4.05. The molecule has 1 aliphatic rings. The van der Waals surface area contributed by atoms with Crippen LogP contribution in [-0.4, -0.2) is 34.1 Å². The molecule has 1 N–H and O–H groups in total. The molecule has 1 fully saturated rings. The van der Waals surface area contributed by atoms with Crippen molar-refractivity contribution in [1.29, 1.82) is 0 Å². The number of hydrogen-bond donors (Lipinski definition) is 1. The monoisotopic (exact) mass is 237 g/mol. The number of benzene rings is 1. The molecule has 1 aliphatic heterocycles. The van der Waals surface area contributed by atoms with Gasteiger partial charge in [0.25, 0.3) is 5.91 Å². The Balaban J connectivity index is 2.31. The normalized spacial score (nSPS) is 22.8. The highest BCUT2D eigenvalue weighted by molar-refractivity contribution is 5.95. The number of rotatable bonds is 1. The summed E-state index contributed by atoms with van der Waals surface area (Å²) < 4.78 is 13.5. The summed E-state index contributed by atoms with van der Waals surface area (Å²) >= 11 is 0. The summed E-state index contributed by atoms with van der Waals surface area (Å²) in [5, 5.41) is 9.80. The van der Waals surface area contributed by atoms with Gasteiger partial charge < -0.3 is 10.0 Å². The molecule has 1 unspecified atom stereocenters. The van der Waals surface area contributed by atoms with E-state index in [0.29, 0.717) is 13.0 Å². The van der Waals surface area contributed by atoms with E-state index >= 15 is 0 Å². The molecule has 2 rings (SSSR count). The predicted molar refractivity (Wildman–Crippen MR) is 62.1 cm³/mol. The molecule has 1 aromatic carbocycles. The SMILES string of the molecule is CC1(C)C(O)CCN1C(=O)c1ccccc1F. The van der Waals surface area contributed by atoms with Gasteiger partial charge >= 0.3 is 0 Å². The first kappa shape index (κ1) is 12.0. The molecule has 0 saturated carbocycles. The molecule has 4 heteroatoms. The summed E-state index contributed by atoms with van der Waals surface area (Å²) in [7, 11) is 0. The molecule has 1 atom stereocenters. The van der Waals surface area contributed by atoms with Gasteiger partial charge in [-0.05, 0) is 32.4 Å². The molecule has 17 heavy (non-hydrogen) atoms. The number of hydrogen-bond acceptors (Lipinski definition) is 2. The first-order valence-corrected chi connectivity index (χ1v) is 5.69. The van der Waals surface area contributed by atoms with E-state index in [4.69, 9.17) is 0 Å². The van der Waals surface area contributed by atoms with E-state index in [9.17, 15) is 14.3 Å². The molecular weight excluding hydrogens is 221 g/mol. The highest BCUT2D eigenvalue weighted by Crippen LogP contribution is 2.30. The fourth-order valence-electron chi connectivity index (χ4n) is 2.22. The standard InChI is InChI=1S/C13H16FNO2/c1-13(2)11(16)7-8-15(13)12(17)9-5-3-4-6-10(9)14/h3-6,11,16H,7-8H2,1-2H3. The Morgan fingerprint density at radius 1 is 1.47 bits per heavy atom. The Kier molecular flexibility index (Phi) is 2.91. The van der Waals surface area contributed by atoms with Crippen molar-refractivity contribution in [2.24, 2.45) is 0 Å². The van der Waals surface area contributed by atoms with Crippen LogP contribution in [0.15, 0.2) is 24.3 Å². The number of aliphatic hydroxyl groups is 1.